The number of carbonyl (C=O) groups excluding carboxylic acids is 1. The van der Waals surface area contributed by atoms with Crippen LogP contribution >= 0.6 is 12.4 Å². The van der Waals surface area contributed by atoms with Crippen LogP contribution in [0.3, 0.4) is 0 Å². The normalized spacial score (nSPS) is 23.3. The average molecular weight is 369 g/mol. The summed E-state index contributed by atoms with van der Waals surface area (Å²) in [6.45, 7) is 6.53. The molecule has 2 N–H and O–H groups in total. The molecular formula is C14H29ClN4O3S. The molecule has 2 rings (SSSR count). The number of carbonyl (C=O) groups is 1. The van der Waals surface area contributed by atoms with Crippen LogP contribution in [-0.2, 0) is 14.8 Å². The first-order valence-electron chi connectivity index (χ1n) is 8.09. The van der Waals surface area contributed by atoms with Crippen molar-refractivity contribution in [3.05, 3.63) is 0 Å². The van der Waals surface area contributed by atoms with Gasteiger partial charge in [-0.25, -0.2) is 13.1 Å². The zero-order valence-corrected chi connectivity index (χ0v) is 15.4. The molecule has 0 aromatic rings. The predicted octanol–water partition coefficient (Wildman–Crippen LogP) is -0.509. The molecule has 23 heavy (non-hydrogen) atoms. The van der Waals surface area contributed by atoms with Crippen molar-refractivity contribution in [1.82, 2.24) is 19.8 Å². The minimum absolute atomic E-state index is 0. The van der Waals surface area contributed by atoms with Crippen LogP contribution in [0.25, 0.3) is 0 Å². The van der Waals surface area contributed by atoms with Gasteiger partial charge in [-0.2, -0.15) is 0 Å². The summed E-state index contributed by atoms with van der Waals surface area (Å²) in [6.07, 6.45) is 3.87. The summed E-state index contributed by atoms with van der Waals surface area (Å²) in [4.78, 5) is 16.4. The predicted molar refractivity (Wildman–Crippen MR) is 93.3 cm³/mol. The highest BCUT2D eigenvalue weighted by Gasteiger charge is 2.22. The molecule has 1 atom stereocenters. The summed E-state index contributed by atoms with van der Waals surface area (Å²) >= 11 is 0. The van der Waals surface area contributed by atoms with E-state index in [-0.39, 0.29) is 18.3 Å². The van der Waals surface area contributed by atoms with Crippen LogP contribution in [0.1, 0.15) is 19.3 Å². The summed E-state index contributed by atoms with van der Waals surface area (Å²) in [5.41, 5.74) is 0. The number of piperazine rings is 1. The Bertz CT molecular complexity index is 469. The Balaban J connectivity index is 0.00000264. The fraction of sp³-hybridized carbons (Fsp3) is 0.929. The first kappa shape index (κ1) is 20.6. The van der Waals surface area contributed by atoms with E-state index < -0.39 is 10.0 Å². The van der Waals surface area contributed by atoms with Gasteiger partial charge in [0.05, 0.1) is 6.26 Å². The Morgan fingerprint density at radius 3 is 2.61 bits per heavy atom. The maximum Gasteiger partial charge on any atom is 0.223 e. The van der Waals surface area contributed by atoms with Crippen LogP contribution in [0, 0.1) is 5.92 Å². The molecule has 9 heteroatoms. The molecule has 0 spiro atoms. The number of amides is 1. The third-order valence-corrected chi connectivity index (χ3v) is 5.04. The van der Waals surface area contributed by atoms with Gasteiger partial charge in [0.25, 0.3) is 0 Å². The van der Waals surface area contributed by atoms with Gasteiger partial charge in [0.1, 0.15) is 0 Å². The molecule has 136 valence electrons. The topological polar surface area (TPSA) is 81.8 Å². The van der Waals surface area contributed by atoms with Gasteiger partial charge in [0.2, 0.25) is 15.9 Å². The van der Waals surface area contributed by atoms with E-state index in [9.17, 15) is 13.2 Å². The van der Waals surface area contributed by atoms with Crippen molar-refractivity contribution in [2.75, 3.05) is 58.6 Å². The highest BCUT2D eigenvalue weighted by molar-refractivity contribution is 7.88. The lowest BCUT2D eigenvalue weighted by atomic mass is 9.98. The maximum atomic E-state index is 12.2. The summed E-state index contributed by atoms with van der Waals surface area (Å²) in [5.74, 6) is 0.579. The smallest absolute Gasteiger partial charge is 0.223 e. The van der Waals surface area contributed by atoms with Crippen molar-refractivity contribution >= 4 is 28.3 Å². The van der Waals surface area contributed by atoms with Crippen LogP contribution in [0.4, 0.5) is 0 Å². The summed E-state index contributed by atoms with van der Waals surface area (Å²) in [7, 11) is -3.12. The fourth-order valence-corrected chi connectivity index (χ4v) is 3.65. The van der Waals surface area contributed by atoms with Crippen molar-refractivity contribution in [3.63, 3.8) is 0 Å². The standard InChI is InChI=1S/C14H28N4O3S.ClH/c1-22(20,21)16-11-13-3-2-7-17(12-13)8-4-14(19)18-9-5-15-6-10-18;/h13,15-16H,2-12H2,1H3;1H. The molecule has 0 saturated carbocycles. The summed E-state index contributed by atoms with van der Waals surface area (Å²) in [6, 6.07) is 0. The highest BCUT2D eigenvalue weighted by Crippen LogP contribution is 2.16. The van der Waals surface area contributed by atoms with Gasteiger partial charge >= 0.3 is 0 Å². The average Bonchev–Trinajstić information content (AvgIpc) is 2.51. The molecule has 0 aromatic heterocycles. The molecular weight excluding hydrogens is 340 g/mol. The quantitative estimate of drug-likeness (QED) is 0.660. The van der Waals surface area contributed by atoms with E-state index >= 15 is 0 Å². The Kier molecular flexibility index (Phi) is 8.78. The zero-order valence-electron chi connectivity index (χ0n) is 13.8. The lowest BCUT2D eigenvalue weighted by molar-refractivity contribution is -0.132. The van der Waals surface area contributed by atoms with Gasteiger partial charge in [-0.1, -0.05) is 0 Å². The number of piperidine rings is 1. The maximum absolute atomic E-state index is 12.2. The van der Waals surface area contributed by atoms with E-state index in [2.05, 4.69) is 14.9 Å². The second-order valence-electron chi connectivity index (χ2n) is 6.31. The first-order valence-corrected chi connectivity index (χ1v) is 9.98. The second kappa shape index (κ2) is 9.78. The van der Waals surface area contributed by atoms with Gasteiger partial charge in [-0.3, -0.25) is 4.79 Å². The number of rotatable bonds is 6. The van der Waals surface area contributed by atoms with Crippen LogP contribution in [0.2, 0.25) is 0 Å². The molecule has 0 bridgehead atoms. The number of hydrogen-bond donors (Lipinski definition) is 2. The molecule has 2 heterocycles. The number of nitrogens with one attached hydrogen (secondary N) is 2. The number of sulfonamides is 1. The van der Waals surface area contributed by atoms with Crippen LogP contribution in [0.15, 0.2) is 0 Å². The van der Waals surface area contributed by atoms with Crippen LogP contribution in [-0.4, -0.2) is 82.7 Å². The third-order valence-electron chi connectivity index (χ3n) is 4.35. The zero-order chi connectivity index (χ0) is 16.0. The molecule has 7 nitrogen and oxygen atoms in total. The van der Waals surface area contributed by atoms with E-state index in [4.69, 9.17) is 0 Å². The molecule has 0 aliphatic carbocycles. The van der Waals surface area contributed by atoms with Crippen molar-refractivity contribution in [2.45, 2.75) is 19.3 Å². The number of halogens is 1. The molecule has 2 aliphatic heterocycles. The van der Waals surface area contributed by atoms with E-state index in [0.29, 0.717) is 18.9 Å². The van der Waals surface area contributed by atoms with E-state index in [1.807, 2.05) is 4.90 Å². The van der Waals surface area contributed by atoms with E-state index in [1.54, 1.807) is 0 Å². The van der Waals surface area contributed by atoms with Crippen molar-refractivity contribution in [2.24, 2.45) is 5.92 Å². The Hall–Kier alpha value is -0.410. The van der Waals surface area contributed by atoms with Crippen molar-refractivity contribution < 1.29 is 13.2 Å². The summed E-state index contributed by atoms with van der Waals surface area (Å²) < 4.78 is 24.9. The van der Waals surface area contributed by atoms with Gasteiger partial charge < -0.3 is 15.1 Å². The number of nitrogens with zero attached hydrogens (tertiary/aromatic N) is 2. The second-order valence-corrected chi connectivity index (χ2v) is 8.14. The molecule has 0 aromatic carbocycles. The SMILES string of the molecule is CS(=O)(=O)NCC1CCCN(CCC(=O)N2CCNCC2)C1.Cl. The molecule has 2 fully saturated rings. The van der Waals surface area contributed by atoms with Crippen molar-refractivity contribution in [1.29, 1.82) is 0 Å². The summed E-state index contributed by atoms with van der Waals surface area (Å²) in [5, 5.41) is 3.25. The van der Waals surface area contributed by atoms with Gasteiger partial charge in [0, 0.05) is 52.2 Å². The third kappa shape index (κ3) is 7.80. The first-order chi connectivity index (χ1) is 10.4. The minimum atomic E-state index is -3.12. The minimum Gasteiger partial charge on any atom is -0.340 e. The van der Waals surface area contributed by atoms with E-state index in [0.717, 1.165) is 58.7 Å². The lowest BCUT2D eigenvalue weighted by Gasteiger charge is -2.33. The van der Waals surface area contributed by atoms with Gasteiger partial charge in [-0.15, -0.1) is 12.4 Å². The lowest BCUT2D eigenvalue weighted by Crippen LogP contribution is -2.47. The largest absolute Gasteiger partial charge is 0.340 e. The van der Waals surface area contributed by atoms with Crippen molar-refractivity contribution in [3.8, 4) is 0 Å². The van der Waals surface area contributed by atoms with Crippen LogP contribution < -0.4 is 10.0 Å². The molecule has 0 radical (unpaired) electrons. The van der Waals surface area contributed by atoms with Gasteiger partial charge in [0.15, 0.2) is 0 Å². The highest BCUT2D eigenvalue weighted by atomic mass is 35.5. The monoisotopic (exact) mass is 368 g/mol. The Morgan fingerprint density at radius 1 is 1.26 bits per heavy atom. The van der Waals surface area contributed by atoms with E-state index in [1.165, 1.54) is 6.26 Å². The number of hydrogen-bond acceptors (Lipinski definition) is 5. The Morgan fingerprint density at radius 2 is 1.96 bits per heavy atom. The van der Waals surface area contributed by atoms with Gasteiger partial charge in [-0.05, 0) is 25.3 Å². The molecule has 2 aliphatic rings. The Labute approximate surface area is 145 Å². The molecule has 1 amide bonds. The van der Waals surface area contributed by atoms with Crippen LogP contribution in [0.5, 0.6) is 0 Å². The number of likely N-dealkylation sites (tertiary alicyclic amines) is 1. The molecule has 2 saturated heterocycles. The molecule has 1 unspecified atom stereocenters. The fourth-order valence-electron chi connectivity index (χ4n) is 3.12.